The Morgan fingerprint density at radius 1 is 0.952 bits per heavy atom. The van der Waals surface area contributed by atoms with E-state index in [1.807, 2.05) is 83.8 Å². The number of nitrogens with zero attached hydrogens (tertiary/aromatic N) is 1. The molecule has 1 heterocycles. The number of ether oxygens (including phenoxy) is 2. The molecule has 2 atom stereocenters. The van der Waals surface area contributed by atoms with Crippen LogP contribution >= 0.6 is 0 Å². The first-order valence-electron chi connectivity index (χ1n) is 13.8. The summed E-state index contributed by atoms with van der Waals surface area (Å²) in [5, 5.41) is 14.9. The lowest BCUT2D eigenvalue weighted by Gasteiger charge is -2.30. The molecule has 5 rings (SSSR count). The number of rotatable bonds is 10. The molecule has 2 amide bonds. The fourth-order valence-electron chi connectivity index (χ4n) is 5.79. The minimum atomic E-state index is -1.52. The fraction of sp³-hybridized carbons (Fsp3) is 0.312. The third-order valence-corrected chi connectivity index (χ3v) is 7.92. The zero-order valence-corrected chi connectivity index (χ0v) is 23.2. The van der Waals surface area contributed by atoms with Crippen LogP contribution in [0.5, 0.6) is 0 Å². The van der Waals surface area contributed by atoms with Crippen molar-refractivity contribution in [3.05, 3.63) is 95.6 Å². The van der Waals surface area contributed by atoms with Gasteiger partial charge in [0.25, 0.3) is 0 Å². The number of nitrogens with one attached hydrogen (secondary N) is 2. The first-order valence-corrected chi connectivity index (χ1v) is 13.8. The van der Waals surface area contributed by atoms with Gasteiger partial charge in [-0.1, -0.05) is 78.9 Å². The van der Waals surface area contributed by atoms with Crippen molar-refractivity contribution in [3.63, 3.8) is 0 Å². The zero-order valence-electron chi connectivity index (χ0n) is 23.2. The molecular weight excluding hydrogens is 538 g/mol. The lowest BCUT2D eigenvalue weighted by molar-refractivity contribution is -0.149. The molecular formula is C32H33N3O7. The molecule has 0 bridgehead atoms. The third-order valence-electron chi connectivity index (χ3n) is 7.92. The molecule has 10 nitrogen and oxygen atoms in total. The van der Waals surface area contributed by atoms with Crippen LogP contribution in [0.4, 0.5) is 4.79 Å². The Morgan fingerprint density at radius 3 is 2.19 bits per heavy atom. The van der Waals surface area contributed by atoms with E-state index in [0.717, 1.165) is 34.9 Å². The SMILES string of the molecule is COC(=O)C[C@@H](NC(=O)C1(NC(=O)OCC2c3ccccc3-c3ccccc32)CCN(Cc2ccccc2)C1)C(=O)O. The van der Waals surface area contributed by atoms with Crippen LogP contribution in [-0.4, -0.2) is 72.3 Å². The second kappa shape index (κ2) is 12.4. The van der Waals surface area contributed by atoms with Crippen molar-refractivity contribution in [2.24, 2.45) is 0 Å². The van der Waals surface area contributed by atoms with Gasteiger partial charge in [0.1, 0.15) is 18.2 Å². The molecule has 1 unspecified atom stereocenters. The molecule has 218 valence electrons. The van der Waals surface area contributed by atoms with Crippen molar-refractivity contribution >= 4 is 23.9 Å². The summed E-state index contributed by atoms with van der Waals surface area (Å²) in [5.74, 6) is -3.03. The zero-order chi connectivity index (χ0) is 29.7. The number of carbonyl (C=O) groups is 4. The van der Waals surface area contributed by atoms with Crippen LogP contribution in [0.25, 0.3) is 11.1 Å². The van der Waals surface area contributed by atoms with E-state index in [1.165, 1.54) is 0 Å². The molecule has 10 heteroatoms. The average molecular weight is 572 g/mol. The maximum atomic E-state index is 13.6. The molecule has 1 aliphatic heterocycles. The minimum Gasteiger partial charge on any atom is -0.480 e. The number of carboxylic acid groups (broad SMARTS) is 1. The highest BCUT2D eigenvalue weighted by molar-refractivity contribution is 5.94. The Hall–Kier alpha value is -4.70. The topological polar surface area (TPSA) is 134 Å². The molecule has 1 fully saturated rings. The Balaban J connectivity index is 1.32. The number of amides is 2. The van der Waals surface area contributed by atoms with Gasteiger partial charge in [-0.15, -0.1) is 0 Å². The predicted molar refractivity (Wildman–Crippen MR) is 153 cm³/mol. The average Bonchev–Trinajstić information content (AvgIpc) is 3.55. The molecule has 3 N–H and O–H groups in total. The third kappa shape index (κ3) is 6.13. The standard InChI is InChI=1S/C32H33N3O7/c1-41-28(36)17-27(29(37)38)33-30(39)32(15-16-35(20-32)18-21-9-3-2-4-10-21)34-31(40)42-19-26-24-13-7-5-11-22(24)23-12-6-8-14-25(23)26/h2-14,26-27H,15-20H2,1H3,(H,33,39)(H,34,40)(H,37,38)/t27-,32?/m1/s1. The Kier molecular flexibility index (Phi) is 8.53. The summed E-state index contributed by atoms with van der Waals surface area (Å²) < 4.78 is 10.3. The number of hydrogen-bond acceptors (Lipinski definition) is 7. The van der Waals surface area contributed by atoms with Gasteiger partial charge in [0.15, 0.2) is 0 Å². The van der Waals surface area contributed by atoms with Crippen LogP contribution < -0.4 is 10.6 Å². The molecule has 3 aromatic rings. The van der Waals surface area contributed by atoms with Crippen molar-refractivity contribution in [2.45, 2.75) is 36.9 Å². The molecule has 1 saturated heterocycles. The summed E-state index contributed by atoms with van der Waals surface area (Å²) in [4.78, 5) is 52.6. The van der Waals surface area contributed by atoms with E-state index in [9.17, 15) is 24.3 Å². The quantitative estimate of drug-likeness (QED) is 0.316. The normalized spacial score (nSPS) is 18.4. The monoisotopic (exact) mass is 571 g/mol. The van der Waals surface area contributed by atoms with Gasteiger partial charge in [-0.2, -0.15) is 0 Å². The minimum absolute atomic E-state index is 0.0609. The van der Waals surface area contributed by atoms with Crippen LogP contribution in [-0.2, 0) is 30.4 Å². The molecule has 0 aromatic heterocycles. The first-order chi connectivity index (χ1) is 20.3. The fourth-order valence-corrected chi connectivity index (χ4v) is 5.79. The van der Waals surface area contributed by atoms with Crippen molar-refractivity contribution in [2.75, 3.05) is 26.8 Å². The summed E-state index contributed by atoms with van der Waals surface area (Å²) in [6.07, 6.45) is -1.11. The number of aliphatic carboxylic acids is 1. The molecule has 0 saturated carbocycles. The summed E-state index contributed by atoms with van der Waals surface area (Å²) >= 11 is 0. The van der Waals surface area contributed by atoms with Gasteiger partial charge in [0.05, 0.1) is 13.5 Å². The van der Waals surface area contributed by atoms with E-state index in [2.05, 4.69) is 15.4 Å². The van der Waals surface area contributed by atoms with E-state index < -0.39 is 41.9 Å². The number of benzene rings is 3. The highest BCUT2D eigenvalue weighted by atomic mass is 16.5. The van der Waals surface area contributed by atoms with E-state index in [-0.39, 0.29) is 25.5 Å². The second-order valence-electron chi connectivity index (χ2n) is 10.6. The van der Waals surface area contributed by atoms with Crippen molar-refractivity contribution in [3.8, 4) is 11.1 Å². The van der Waals surface area contributed by atoms with Crippen molar-refractivity contribution < 1.29 is 33.8 Å². The number of hydrogen-bond donors (Lipinski definition) is 3. The van der Waals surface area contributed by atoms with Crippen LogP contribution in [0.3, 0.4) is 0 Å². The number of alkyl carbamates (subject to hydrolysis) is 1. The summed E-state index contributed by atoms with van der Waals surface area (Å²) in [7, 11) is 1.14. The van der Waals surface area contributed by atoms with Gasteiger partial charge in [-0.05, 0) is 34.2 Å². The Morgan fingerprint density at radius 2 is 1.57 bits per heavy atom. The maximum Gasteiger partial charge on any atom is 0.408 e. The molecule has 42 heavy (non-hydrogen) atoms. The van der Waals surface area contributed by atoms with E-state index in [4.69, 9.17) is 4.74 Å². The number of esters is 1. The summed E-state index contributed by atoms with van der Waals surface area (Å²) in [5.41, 5.74) is 3.86. The first kappa shape index (κ1) is 28.8. The number of methoxy groups -OCH3 is 1. The highest BCUT2D eigenvalue weighted by Crippen LogP contribution is 2.44. The molecule has 0 radical (unpaired) electrons. The van der Waals surface area contributed by atoms with Gasteiger partial charge in [-0.3, -0.25) is 14.5 Å². The highest BCUT2D eigenvalue weighted by Gasteiger charge is 2.47. The molecule has 3 aromatic carbocycles. The van der Waals surface area contributed by atoms with E-state index in [0.29, 0.717) is 13.1 Å². The number of carboxylic acids is 1. The smallest absolute Gasteiger partial charge is 0.408 e. The second-order valence-corrected chi connectivity index (χ2v) is 10.6. The molecule has 1 aliphatic carbocycles. The largest absolute Gasteiger partial charge is 0.480 e. The Labute approximate surface area is 243 Å². The van der Waals surface area contributed by atoms with Gasteiger partial charge in [-0.25, -0.2) is 9.59 Å². The predicted octanol–water partition coefficient (Wildman–Crippen LogP) is 3.30. The van der Waals surface area contributed by atoms with Crippen LogP contribution in [0.1, 0.15) is 35.4 Å². The van der Waals surface area contributed by atoms with Crippen LogP contribution in [0.2, 0.25) is 0 Å². The van der Waals surface area contributed by atoms with Crippen molar-refractivity contribution in [1.82, 2.24) is 15.5 Å². The number of likely N-dealkylation sites (tertiary alicyclic amines) is 1. The van der Waals surface area contributed by atoms with Gasteiger partial charge < -0.3 is 25.2 Å². The molecule has 2 aliphatic rings. The van der Waals surface area contributed by atoms with Crippen LogP contribution in [0, 0.1) is 0 Å². The van der Waals surface area contributed by atoms with E-state index >= 15 is 0 Å². The molecule has 0 spiro atoms. The summed E-state index contributed by atoms with van der Waals surface area (Å²) in [6.45, 7) is 1.20. The van der Waals surface area contributed by atoms with Crippen LogP contribution in [0.15, 0.2) is 78.9 Å². The van der Waals surface area contributed by atoms with Crippen molar-refractivity contribution in [1.29, 1.82) is 0 Å². The lowest BCUT2D eigenvalue weighted by atomic mass is 9.96. The van der Waals surface area contributed by atoms with Gasteiger partial charge in [0, 0.05) is 25.6 Å². The lowest BCUT2D eigenvalue weighted by Crippen LogP contribution is -2.62. The Bertz CT molecular complexity index is 1430. The maximum absolute atomic E-state index is 13.6. The van der Waals surface area contributed by atoms with Gasteiger partial charge >= 0.3 is 18.0 Å². The number of carbonyl (C=O) groups excluding carboxylic acids is 3. The number of fused-ring (bicyclic) bond motifs is 3. The van der Waals surface area contributed by atoms with Gasteiger partial charge in [0.2, 0.25) is 5.91 Å². The summed E-state index contributed by atoms with van der Waals surface area (Å²) in [6, 6.07) is 24.1. The van der Waals surface area contributed by atoms with E-state index in [1.54, 1.807) is 0 Å².